The van der Waals surface area contributed by atoms with Crippen molar-refractivity contribution in [1.29, 1.82) is 0 Å². The van der Waals surface area contributed by atoms with Gasteiger partial charge in [-0.05, 0) is 26.8 Å². The van der Waals surface area contributed by atoms with E-state index in [9.17, 15) is 9.59 Å². The summed E-state index contributed by atoms with van der Waals surface area (Å²) in [5.74, 6) is 0.893. The largest absolute Gasteiger partial charge is 0.368 e. The summed E-state index contributed by atoms with van der Waals surface area (Å²) in [6, 6.07) is 0. The minimum atomic E-state index is -0.627. The van der Waals surface area contributed by atoms with Gasteiger partial charge in [-0.25, -0.2) is 0 Å². The number of carbonyl (C=O) groups excluding carboxylic acids is 2. The number of aldehydes is 1. The number of ether oxygens (including phenoxy) is 1. The first-order valence-electron chi connectivity index (χ1n) is 7.25. The smallest absolute Gasteiger partial charge is 0.166 e. The quantitative estimate of drug-likeness (QED) is 0.763. The summed E-state index contributed by atoms with van der Waals surface area (Å²) in [5.41, 5.74) is 3.87. The molecule has 0 bridgehead atoms. The van der Waals surface area contributed by atoms with Crippen molar-refractivity contribution in [2.45, 2.75) is 61.0 Å². The summed E-state index contributed by atoms with van der Waals surface area (Å²) in [7, 11) is 1.50. The average Bonchev–Trinajstić information content (AvgIpc) is 2.38. The van der Waals surface area contributed by atoms with E-state index in [1.165, 1.54) is 7.05 Å². The van der Waals surface area contributed by atoms with Gasteiger partial charge in [-0.2, -0.15) is 0 Å². The molecule has 4 nitrogen and oxygen atoms in total. The first kappa shape index (κ1) is 24.3. The maximum Gasteiger partial charge on any atom is 0.166 e. The highest BCUT2D eigenvalue weighted by Crippen LogP contribution is 2.17. The van der Waals surface area contributed by atoms with E-state index in [2.05, 4.69) is 19.6 Å². The first-order valence-corrected chi connectivity index (χ1v) is 7.25. The van der Waals surface area contributed by atoms with Crippen LogP contribution in [0.15, 0.2) is 0 Å². The highest BCUT2D eigenvalue weighted by atomic mass is 16.5. The van der Waals surface area contributed by atoms with Gasteiger partial charge in [0, 0.05) is 11.8 Å². The van der Waals surface area contributed by atoms with E-state index in [0.717, 1.165) is 6.29 Å². The zero-order valence-electron chi connectivity index (χ0n) is 14.8. The van der Waals surface area contributed by atoms with Crippen LogP contribution in [-0.2, 0) is 14.3 Å². The first-order chi connectivity index (χ1) is 9.04. The fourth-order valence-electron chi connectivity index (χ4n) is 1.14. The summed E-state index contributed by atoms with van der Waals surface area (Å²) >= 11 is 0. The lowest BCUT2D eigenvalue weighted by molar-refractivity contribution is -0.144. The average molecular weight is 289 g/mol. The van der Waals surface area contributed by atoms with Gasteiger partial charge in [-0.1, -0.05) is 41.5 Å². The van der Waals surface area contributed by atoms with E-state index >= 15 is 0 Å². The van der Waals surface area contributed by atoms with Gasteiger partial charge < -0.3 is 15.3 Å². The predicted octanol–water partition coefficient (Wildman–Crippen LogP) is 3.08. The SMILES string of the molecule is CC(C)C=O.CC(C)COC(C)(C)C(=O)C(C)C.CN. The molecule has 0 atom stereocenters. The number of ketones is 1. The molecule has 0 rings (SSSR count). The summed E-state index contributed by atoms with van der Waals surface area (Å²) in [4.78, 5) is 21.2. The lowest BCUT2D eigenvalue weighted by atomic mass is 9.94. The van der Waals surface area contributed by atoms with E-state index in [4.69, 9.17) is 4.74 Å². The Morgan fingerprint density at radius 1 is 1.10 bits per heavy atom. The number of Topliss-reactive ketones (excluding diaryl/α,β-unsaturated/α-hetero) is 1. The Kier molecular flexibility index (Phi) is 16.1. The molecule has 0 aliphatic carbocycles. The van der Waals surface area contributed by atoms with Gasteiger partial charge in [0.15, 0.2) is 5.78 Å². The Morgan fingerprint density at radius 2 is 1.45 bits per heavy atom. The predicted molar refractivity (Wildman–Crippen MR) is 85.7 cm³/mol. The van der Waals surface area contributed by atoms with Gasteiger partial charge in [0.25, 0.3) is 0 Å². The molecule has 0 spiro atoms. The van der Waals surface area contributed by atoms with Gasteiger partial charge >= 0.3 is 0 Å². The Balaban J connectivity index is -0.000000346. The van der Waals surface area contributed by atoms with Crippen molar-refractivity contribution in [3.05, 3.63) is 0 Å². The maximum absolute atomic E-state index is 11.7. The van der Waals surface area contributed by atoms with Crippen LogP contribution in [-0.4, -0.2) is 31.3 Å². The van der Waals surface area contributed by atoms with E-state index in [1.54, 1.807) is 0 Å². The Labute approximate surface area is 125 Å². The summed E-state index contributed by atoms with van der Waals surface area (Å²) in [6.07, 6.45) is 0.917. The zero-order valence-corrected chi connectivity index (χ0v) is 14.8. The molecule has 0 aromatic heterocycles. The molecular weight excluding hydrogens is 254 g/mol. The molecule has 0 aromatic carbocycles. The van der Waals surface area contributed by atoms with Gasteiger partial charge in [0.2, 0.25) is 0 Å². The van der Waals surface area contributed by atoms with Gasteiger partial charge in [0.1, 0.15) is 11.9 Å². The van der Waals surface area contributed by atoms with Crippen LogP contribution in [0.4, 0.5) is 0 Å². The molecule has 0 aliphatic heterocycles. The fourth-order valence-corrected chi connectivity index (χ4v) is 1.14. The number of carbonyl (C=O) groups is 2. The van der Waals surface area contributed by atoms with Gasteiger partial charge in [0.05, 0.1) is 6.61 Å². The molecule has 0 saturated carbocycles. The van der Waals surface area contributed by atoms with E-state index in [0.29, 0.717) is 12.5 Å². The molecular formula is C16H35NO3. The second-order valence-electron chi connectivity index (χ2n) is 6.11. The standard InChI is InChI=1S/C11H22O2.C4H8O.CH5N/c1-8(2)7-13-11(5,6)10(12)9(3)4;1-4(2)3-5;1-2/h8-9H,7H2,1-6H3;3-4H,1-2H3;2H2,1H3. The van der Waals surface area contributed by atoms with Crippen LogP contribution in [0.3, 0.4) is 0 Å². The van der Waals surface area contributed by atoms with Crippen molar-refractivity contribution in [1.82, 2.24) is 0 Å². The molecule has 0 aromatic rings. The number of hydrogen-bond donors (Lipinski definition) is 1. The molecule has 2 N–H and O–H groups in total. The van der Waals surface area contributed by atoms with E-state index in [-0.39, 0.29) is 17.6 Å². The van der Waals surface area contributed by atoms with Gasteiger partial charge in [-0.3, -0.25) is 4.79 Å². The minimum Gasteiger partial charge on any atom is -0.368 e. The third-order valence-corrected chi connectivity index (χ3v) is 2.17. The van der Waals surface area contributed by atoms with Crippen molar-refractivity contribution < 1.29 is 14.3 Å². The lowest BCUT2D eigenvalue weighted by Gasteiger charge is -2.26. The molecule has 0 aliphatic rings. The fraction of sp³-hybridized carbons (Fsp3) is 0.875. The molecule has 0 saturated heterocycles. The number of nitrogens with two attached hydrogens (primary N) is 1. The van der Waals surface area contributed by atoms with Crippen LogP contribution < -0.4 is 5.73 Å². The number of rotatable bonds is 6. The molecule has 0 fully saturated rings. The molecule has 0 radical (unpaired) electrons. The van der Waals surface area contributed by atoms with Crippen LogP contribution in [0.2, 0.25) is 0 Å². The molecule has 0 amide bonds. The minimum absolute atomic E-state index is 0.0437. The normalized spacial score (nSPS) is 10.7. The summed E-state index contributed by atoms with van der Waals surface area (Å²) in [5, 5.41) is 0. The summed E-state index contributed by atoms with van der Waals surface area (Å²) in [6.45, 7) is 16.0. The molecule has 0 unspecified atom stereocenters. The topological polar surface area (TPSA) is 69.4 Å². The highest BCUT2D eigenvalue weighted by molar-refractivity contribution is 5.88. The molecule has 20 heavy (non-hydrogen) atoms. The van der Waals surface area contributed by atoms with Crippen molar-refractivity contribution in [3.8, 4) is 0 Å². The monoisotopic (exact) mass is 289 g/mol. The molecule has 0 heterocycles. The van der Waals surface area contributed by atoms with Gasteiger partial charge in [-0.15, -0.1) is 0 Å². The third-order valence-electron chi connectivity index (χ3n) is 2.17. The molecule has 122 valence electrons. The maximum atomic E-state index is 11.7. The van der Waals surface area contributed by atoms with E-state index in [1.807, 2.05) is 41.5 Å². The van der Waals surface area contributed by atoms with Crippen molar-refractivity contribution in [3.63, 3.8) is 0 Å². The second kappa shape index (κ2) is 13.3. The molecule has 4 heteroatoms. The Bertz CT molecular complexity index is 246. The highest BCUT2D eigenvalue weighted by Gasteiger charge is 2.30. The summed E-state index contributed by atoms with van der Waals surface area (Å²) < 4.78 is 5.56. The lowest BCUT2D eigenvalue weighted by Crippen LogP contribution is -2.39. The van der Waals surface area contributed by atoms with Crippen LogP contribution in [0.25, 0.3) is 0 Å². The Morgan fingerprint density at radius 3 is 1.65 bits per heavy atom. The third kappa shape index (κ3) is 15.3. The van der Waals surface area contributed by atoms with Crippen LogP contribution >= 0.6 is 0 Å². The number of hydrogen-bond acceptors (Lipinski definition) is 4. The Hall–Kier alpha value is -0.740. The van der Waals surface area contributed by atoms with E-state index < -0.39 is 5.60 Å². The van der Waals surface area contributed by atoms with Crippen molar-refractivity contribution in [2.75, 3.05) is 13.7 Å². The van der Waals surface area contributed by atoms with Crippen molar-refractivity contribution >= 4 is 12.1 Å². The zero-order chi connectivity index (χ0) is 16.9. The van der Waals surface area contributed by atoms with Crippen molar-refractivity contribution in [2.24, 2.45) is 23.5 Å². The van der Waals surface area contributed by atoms with Crippen LogP contribution in [0.1, 0.15) is 55.4 Å². The van der Waals surface area contributed by atoms with Crippen LogP contribution in [0.5, 0.6) is 0 Å². The van der Waals surface area contributed by atoms with Crippen LogP contribution in [0, 0.1) is 17.8 Å². The second-order valence-corrected chi connectivity index (χ2v) is 6.11.